The summed E-state index contributed by atoms with van der Waals surface area (Å²) in [5.74, 6) is 1.22. The molecule has 2 aromatic carbocycles. The number of methoxy groups -OCH3 is 1. The van der Waals surface area contributed by atoms with Crippen molar-refractivity contribution in [3.8, 4) is 5.75 Å². The fourth-order valence-corrected chi connectivity index (χ4v) is 7.27. The third kappa shape index (κ3) is 4.78. The topological polar surface area (TPSA) is 21.3 Å². The number of nitrogens with one attached hydrogen (secondary N) is 1. The van der Waals surface area contributed by atoms with Crippen LogP contribution in [0.5, 0.6) is 5.75 Å². The van der Waals surface area contributed by atoms with Gasteiger partial charge in [-0.25, -0.2) is 4.39 Å². The Morgan fingerprint density at radius 1 is 0.919 bits per heavy atom. The van der Waals surface area contributed by atoms with Crippen molar-refractivity contribution in [3.05, 3.63) is 58.7 Å². The predicted molar refractivity (Wildman–Crippen MR) is 126 cm³/mol. The molecular weight excluding hydrogens is 499 g/mol. The van der Waals surface area contributed by atoms with E-state index in [4.69, 9.17) is 4.74 Å². The molecule has 3 aliphatic rings. The van der Waals surface area contributed by atoms with Crippen LogP contribution in [0.4, 0.5) is 36.4 Å². The summed E-state index contributed by atoms with van der Waals surface area (Å²) in [5.41, 5.74) is -0.999. The molecule has 0 saturated heterocycles. The van der Waals surface area contributed by atoms with Crippen LogP contribution < -0.4 is 10.1 Å². The van der Waals surface area contributed by atoms with E-state index < -0.39 is 41.1 Å². The Morgan fingerprint density at radius 2 is 1.59 bits per heavy atom. The highest BCUT2D eigenvalue weighted by atomic mass is 19.4. The summed E-state index contributed by atoms with van der Waals surface area (Å²) < 4.78 is 101. The summed E-state index contributed by atoms with van der Waals surface area (Å²) in [6.07, 6.45) is -7.40. The average molecular weight is 530 g/mol. The molecule has 2 saturated carbocycles. The number of ether oxygens (including phenoxy) is 1. The molecule has 0 heterocycles. The fourth-order valence-electron chi connectivity index (χ4n) is 7.27. The highest BCUT2D eigenvalue weighted by Crippen LogP contribution is 2.60. The number of rotatable bonds is 3. The quantitative estimate of drug-likeness (QED) is 0.403. The van der Waals surface area contributed by atoms with Crippen LogP contribution in [0.25, 0.3) is 0 Å². The Bertz CT molecular complexity index is 1130. The van der Waals surface area contributed by atoms with Gasteiger partial charge in [0.2, 0.25) is 0 Å². The van der Waals surface area contributed by atoms with Crippen LogP contribution in [0.2, 0.25) is 0 Å². The lowest BCUT2D eigenvalue weighted by molar-refractivity contribution is -0.143. The van der Waals surface area contributed by atoms with Gasteiger partial charge < -0.3 is 10.1 Å². The Labute approximate surface area is 211 Å². The van der Waals surface area contributed by atoms with Crippen LogP contribution in [0.15, 0.2) is 36.4 Å². The first-order valence-electron chi connectivity index (χ1n) is 12.7. The molecule has 1 N–H and O–H groups in total. The zero-order valence-electron chi connectivity index (χ0n) is 20.6. The molecule has 2 nitrogen and oxygen atoms in total. The number of fused-ring (bicyclic) bond motifs is 5. The molecule has 3 aliphatic carbocycles. The molecule has 5 rings (SSSR count). The van der Waals surface area contributed by atoms with Gasteiger partial charge in [0.15, 0.2) is 0 Å². The number of aryl methyl sites for hydroxylation is 1. The molecule has 0 amide bonds. The minimum atomic E-state index is -4.93. The predicted octanol–water partition coefficient (Wildman–Crippen LogP) is 8.41. The van der Waals surface area contributed by atoms with E-state index in [0.29, 0.717) is 25.0 Å². The number of hydrogen-bond donors (Lipinski definition) is 1. The Balaban J connectivity index is 1.46. The van der Waals surface area contributed by atoms with E-state index in [0.717, 1.165) is 25.0 Å². The van der Waals surface area contributed by atoms with Gasteiger partial charge in [-0.2, -0.15) is 26.3 Å². The monoisotopic (exact) mass is 529 g/mol. The van der Waals surface area contributed by atoms with Gasteiger partial charge in [0.05, 0.1) is 18.2 Å². The van der Waals surface area contributed by atoms with Gasteiger partial charge in [0.1, 0.15) is 11.9 Å². The molecule has 0 aliphatic heterocycles. The van der Waals surface area contributed by atoms with E-state index in [-0.39, 0.29) is 35.9 Å². The maximum Gasteiger partial charge on any atom is 0.416 e. The lowest BCUT2D eigenvalue weighted by Crippen LogP contribution is -2.55. The number of benzene rings is 2. The molecule has 0 spiro atoms. The highest BCUT2D eigenvalue weighted by molar-refractivity contribution is 5.52. The molecule has 0 unspecified atom stereocenters. The van der Waals surface area contributed by atoms with Crippen molar-refractivity contribution >= 4 is 5.69 Å². The van der Waals surface area contributed by atoms with Crippen molar-refractivity contribution in [3.63, 3.8) is 0 Å². The van der Waals surface area contributed by atoms with Crippen LogP contribution in [-0.2, 0) is 18.8 Å². The van der Waals surface area contributed by atoms with Crippen LogP contribution >= 0.6 is 0 Å². The first kappa shape index (κ1) is 26.2. The van der Waals surface area contributed by atoms with Crippen LogP contribution in [0.1, 0.15) is 67.2 Å². The highest BCUT2D eigenvalue weighted by Gasteiger charge is 2.55. The number of hydrogen-bond acceptors (Lipinski definition) is 2. The van der Waals surface area contributed by atoms with E-state index in [1.165, 1.54) is 11.1 Å². The molecule has 0 aromatic heterocycles. The fraction of sp³-hybridized carbons (Fsp3) is 0.571. The second kappa shape index (κ2) is 9.09. The minimum Gasteiger partial charge on any atom is -0.497 e. The summed E-state index contributed by atoms with van der Waals surface area (Å²) in [4.78, 5) is 0. The smallest absolute Gasteiger partial charge is 0.416 e. The summed E-state index contributed by atoms with van der Waals surface area (Å²) in [5, 5.41) is 2.95. The average Bonchev–Trinajstić information content (AvgIpc) is 2.83. The van der Waals surface area contributed by atoms with Crippen molar-refractivity contribution in [2.75, 3.05) is 12.4 Å². The third-order valence-corrected chi connectivity index (χ3v) is 9.10. The molecule has 2 aromatic rings. The molecule has 2 fully saturated rings. The number of halogens is 7. The van der Waals surface area contributed by atoms with Gasteiger partial charge in [-0.05, 0) is 103 Å². The van der Waals surface area contributed by atoms with Gasteiger partial charge in [-0.1, -0.05) is 13.0 Å². The Morgan fingerprint density at radius 3 is 2.22 bits per heavy atom. The Hall–Kier alpha value is -2.45. The second-order valence-corrected chi connectivity index (χ2v) is 11.1. The van der Waals surface area contributed by atoms with Crippen molar-refractivity contribution in [1.29, 1.82) is 0 Å². The molecule has 9 heteroatoms. The van der Waals surface area contributed by atoms with E-state index >= 15 is 4.39 Å². The van der Waals surface area contributed by atoms with Crippen molar-refractivity contribution in [2.45, 2.75) is 75.9 Å². The Kier molecular flexibility index (Phi) is 6.43. The van der Waals surface area contributed by atoms with Gasteiger partial charge in [-0.3, -0.25) is 0 Å². The normalized spacial score (nSPS) is 31.6. The number of anilines is 1. The summed E-state index contributed by atoms with van der Waals surface area (Å²) in [7, 11) is 1.62. The van der Waals surface area contributed by atoms with Gasteiger partial charge >= 0.3 is 12.4 Å². The third-order valence-electron chi connectivity index (χ3n) is 9.10. The van der Waals surface area contributed by atoms with Crippen molar-refractivity contribution < 1.29 is 35.5 Å². The molecule has 0 radical (unpaired) electrons. The van der Waals surface area contributed by atoms with Crippen LogP contribution in [0.3, 0.4) is 0 Å². The molecule has 37 heavy (non-hydrogen) atoms. The van der Waals surface area contributed by atoms with E-state index in [9.17, 15) is 26.3 Å². The summed E-state index contributed by atoms with van der Waals surface area (Å²) in [6, 6.07) is 7.01. The lowest BCUT2D eigenvalue weighted by Gasteiger charge is -2.58. The molecular formula is C28H30F7NO. The van der Waals surface area contributed by atoms with Crippen molar-refractivity contribution in [2.24, 2.45) is 17.3 Å². The van der Waals surface area contributed by atoms with E-state index in [2.05, 4.69) is 17.4 Å². The maximum absolute atomic E-state index is 15.2. The zero-order chi connectivity index (χ0) is 26.8. The van der Waals surface area contributed by atoms with Crippen LogP contribution in [0, 0.1) is 17.3 Å². The SMILES string of the molecule is COc1ccc2c(c1)CC[C@@H]1[C@@H]2CC[C@@]2(C)[C@H](Nc3cc(C(F)(F)F)cc(C(F)(F)F)c3)C[C@H](F)C[C@@H]12. The molecule has 0 bridgehead atoms. The number of alkyl halides is 7. The zero-order valence-corrected chi connectivity index (χ0v) is 20.6. The largest absolute Gasteiger partial charge is 0.497 e. The minimum absolute atomic E-state index is 0.0318. The van der Waals surface area contributed by atoms with E-state index in [1.54, 1.807) is 7.11 Å². The van der Waals surface area contributed by atoms with Gasteiger partial charge in [-0.15, -0.1) is 0 Å². The summed E-state index contributed by atoms with van der Waals surface area (Å²) in [6.45, 7) is 2.03. The lowest BCUT2D eigenvalue weighted by atomic mass is 9.49. The van der Waals surface area contributed by atoms with Gasteiger partial charge in [0.25, 0.3) is 0 Å². The van der Waals surface area contributed by atoms with E-state index in [1.807, 2.05) is 13.0 Å². The first-order valence-corrected chi connectivity index (χ1v) is 12.7. The second-order valence-electron chi connectivity index (χ2n) is 11.1. The molecule has 202 valence electrons. The standard InChI is InChI=1S/C28H30F7NO/c1-26-8-7-22-21-6-4-20(37-2)9-15(21)3-5-23(22)24(26)13-18(29)14-25(26)36-19-11-16(27(30,31)32)10-17(12-19)28(33,34)35/h4,6,9-12,18,22-25,36H,3,5,7-8,13-14H2,1-2H3/t18-,22-,23-,24+,25-,26-/m1/s1. The molecule has 6 atom stereocenters. The van der Waals surface area contributed by atoms with Gasteiger partial charge in [0, 0.05) is 11.7 Å². The van der Waals surface area contributed by atoms with Crippen LogP contribution in [-0.4, -0.2) is 19.3 Å². The van der Waals surface area contributed by atoms with Crippen molar-refractivity contribution in [1.82, 2.24) is 0 Å². The first-order chi connectivity index (χ1) is 17.3. The maximum atomic E-state index is 15.2. The summed E-state index contributed by atoms with van der Waals surface area (Å²) >= 11 is 0.